The number of alkyl halides is 3. The van der Waals surface area contributed by atoms with E-state index in [-0.39, 0.29) is 23.0 Å². The van der Waals surface area contributed by atoms with Crippen LogP contribution in [0.15, 0.2) is 29.2 Å². The normalized spacial score (nSPS) is 16.4. The molecule has 4 rings (SSSR count). The Bertz CT molecular complexity index is 1180. The van der Waals surface area contributed by atoms with Crippen LogP contribution in [0, 0.1) is 12.7 Å². The second-order valence-electron chi connectivity index (χ2n) is 7.64. The number of fused-ring (bicyclic) bond motifs is 1. The molecular weight excluding hydrogens is 460 g/mol. The Hall–Kier alpha value is -2.79. The van der Waals surface area contributed by atoms with E-state index < -0.39 is 17.6 Å². The van der Waals surface area contributed by atoms with Crippen molar-refractivity contribution in [1.29, 1.82) is 0 Å². The van der Waals surface area contributed by atoms with Gasteiger partial charge in [-0.15, -0.1) is 11.8 Å². The van der Waals surface area contributed by atoms with E-state index in [1.165, 1.54) is 6.07 Å². The molecule has 3 aromatic rings. The molecule has 1 aliphatic heterocycles. The maximum Gasteiger partial charge on any atom is 0.419 e. The molecule has 0 bridgehead atoms. The first-order valence-corrected chi connectivity index (χ1v) is 11.0. The molecule has 0 aliphatic carbocycles. The number of nitrogens with two attached hydrogens (primary N) is 1. The number of hydrogen-bond acceptors (Lipinski definition) is 7. The number of nitrogen functional groups attached to an aromatic ring is 1. The molecule has 1 aromatic heterocycles. The van der Waals surface area contributed by atoms with Gasteiger partial charge in [0.25, 0.3) is 0 Å². The third-order valence-corrected chi connectivity index (χ3v) is 6.47. The molecule has 1 atom stereocenters. The number of aryl methyl sites for hydroxylation is 1. The van der Waals surface area contributed by atoms with Crippen LogP contribution in [0.25, 0.3) is 10.9 Å². The van der Waals surface area contributed by atoms with Crippen molar-refractivity contribution in [3.05, 3.63) is 47.0 Å². The van der Waals surface area contributed by atoms with Gasteiger partial charge >= 0.3 is 6.18 Å². The lowest BCUT2D eigenvalue weighted by Gasteiger charge is -2.16. The second kappa shape index (κ2) is 9.22. The molecule has 3 N–H and O–H groups in total. The SMILES string of the molecule is COc1cc2nc(C)nc(NCc3cc(N)cc(C(F)(F)F)c3F)c2cc1S[C@H]1CCOC1. The van der Waals surface area contributed by atoms with E-state index >= 15 is 0 Å². The first kappa shape index (κ1) is 23.4. The number of anilines is 2. The molecule has 11 heteroatoms. The van der Waals surface area contributed by atoms with Crippen molar-refractivity contribution in [3.63, 3.8) is 0 Å². The van der Waals surface area contributed by atoms with Crippen LogP contribution in [0.4, 0.5) is 29.1 Å². The molecule has 1 saturated heterocycles. The van der Waals surface area contributed by atoms with E-state index in [1.807, 2.05) is 6.07 Å². The molecule has 1 fully saturated rings. The summed E-state index contributed by atoms with van der Waals surface area (Å²) in [6.07, 6.45) is -3.93. The van der Waals surface area contributed by atoms with Gasteiger partial charge in [-0.1, -0.05) is 0 Å². The van der Waals surface area contributed by atoms with Gasteiger partial charge in [0.15, 0.2) is 0 Å². The zero-order valence-corrected chi connectivity index (χ0v) is 18.7. The first-order chi connectivity index (χ1) is 15.7. The highest BCUT2D eigenvalue weighted by molar-refractivity contribution is 8.00. The highest BCUT2D eigenvalue weighted by Gasteiger charge is 2.35. The second-order valence-corrected chi connectivity index (χ2v) is 8.98. The molecular formula is C22H22F4N4O2S. The van der Waals surface area contributed by atoms with Crippen LogP contribution < -0.4 is 15.8 Å². The van der Waals surface area contributed by atoms with E-state index in [0.29, 0.717) is 47.6 Å². The van der Waals surface area contributed by atoms with Gasteiger partial charge in [-0.3, -0.25) is 0 Å². The zero-order valence-electron chi connectivity index (χ0n) is 17.9. The van der Waals surface area contributed by atoms with Crippen molar-refractivity contribution in [3.8, 4) is 5.75 Å². The molecule has 2 aromatic carbocycles. The van der Waals surface area contributed by atoms with E-state index in [2.05, 4.69) is 15.3 Å². The topological polar surface area (TPSA) is 82.3 Å². The van der Waals surface area contributed by atoms with Crippen molar-refractivity contribution in [2.24, 2.45) is 0 Å². The van der Waals surface area contributed by atoms with Gasteiger partial charge in [0.05, 0.1) is 29.7 Å². The maximum absolute atomic E-state index is 14.6. The predicted octanol–water partition coefficient (Wildman–Crippen LogP) is 5.18. The fourth-order valence-electron chi connectivity index (χ4n) is 3.65. The summed E-state index contributed by atoms with van der Waals surface area (Å²) < 4.78 is 65.0. The zero-order chi connectivity index (χ0) is 23.8. The lowest BCUT2D eigenvalue weighted by atomic mass is 10.1. The van der Waals surface area contributed by atoms with Gasteiger partial charge in [-0.05, 0) is 31.5 Å². The van der Waals surface area contributed by atoms with Crippen LogP contribution in [-0.2, 0) is 17.5 Å². The standard InChI is InChI=1S/C22H22F4N4O2S/c1-11-29-17-8-18(31-2)19(33-14-3-4-32-10-14)7-15(17)21(30-11)28-9-12-5-13(27)6-16(20(12)23)22(24,25)26/h5-8,14H,3-4,9-10,27H2,1-2H3,(H,28,29,30)/t14-/m0/s1. The number of methoxy groups -OCH3 is 1. The molecule has 0 spiro atoms. The monoisotopic (exact) mass is 482 g/mol. The molecule has 0 saturated carbocycles. The summed E-state index contributed by atoms with van der Waals surface area (Å²) >= 11 is 1.62. The third kappa shape index (κ3) is 5.09. The molecule has 1 aliphatic rings. The molecule has 0 radical (unpaired) electrons. The van der Waals surface area contributed by atoms with Crippen LogP contribution in [0.3, 0.4) is 0 Å². The number of aromatic nitrogens is 2. The van der Waals surface area contributed by atoms with Crippen molar-refractivity contribution < 1.29 is 27.0 Å². The predicted molar refractivity (Wildman–Crippen MR) is 119 cm³/mol. The lowest BCUT2D eigenvalue weighted by Crippen LogP contribution is -2.13. The van der Waals surface area contributed by atoms with Gasteiger partial charge in [-0.2, -0.15) is 13.2 Å². The summed E-state index contributed by atoms with van der Waals surface area (Å²) in [7, 11) is 1.57. The summed E-state index contributed by atoms with van der Waals surface area (Å²) in [5.41, 5.74) is 4.40. The number of nitrogens with zero attached hydrogens (tertiary/aromatic N) is 2. The molecule has 6 nitrogen and oxygen atoms in total. The molecule has 0 amide bonds. The van der Waals surface area contributed by atoms with Crippen molar-refractivity contribution in [2.45, 2.75) is 36.2 Å². The van der Waals surface area contributed by atoms with Gasteiger partial charge in [0.1, 0.15) is 23.2 Å². The average Bonchev–Trinajstić information content (AvgIpc) is 3.26. The maximum atomic E-state index is 14.6. The fraction of sp³-hybridized carbons (Fsp3) is 0.364. The van der Waals surface area contributed by atoms with E-state index in [9.17, 15) is 17.6 Å². The minimum Gasteiger partial charge on any atom is -0.496 e. The highest BCUT2D eigenvalue weighted by atomic mass is 32.2. The summed E-state index contributed by atoms with van der Waals surface area (Å²) in [5.74, 6) is 0.110. The smallest absolute Gasteiger partial charge is 0.419 e. The van der Waals surface area contributed by atoms with Gasteiger partial charge < -0.3 is 20.5 Å². The van der Waals surface area contributed by atoms with Gasteiger partial charge in [-0.25, -0.2) is 14.4 Å². The molecule has 33 heavy (non-hydrogen) atoms. The number of rotatable bonds is 6. The Morgan fingerprint density at radius 2 is 2.03 bits per heavy atom. The average molecular weight is 483 g/mol. The van der Waals surface area contributed by atoms with Crippen molar-refractivity contribution >= 4 is 34.2 Å². The molecule has 2 heterocycles. The number of thioether (sulfide) groups is 1. The lowest BCUT2D eigenvalue weighted by molar-refractivity contribution is -0.140. The first-order valence-electron chi connectivity index (χ1n) is 10.2. The Kier molecular flexibility index (Phi) is 6.53. The molecule has 0 unspecified atom stereocenters. The van der Waals surface area contributed by atoms with Gasteiger partial charge in [0, 0.05) is 41.1 Å². The number of benzene rings is 2. The Morgan fingerprint density at radius 3 is 2.70 bits per heavy atom. The Balaban J connectivity index is 1.70. The van der Waals surface area contributed by atoms with Crippen LogP contribution in [0.2, 0.25) is 0 Å². The van der Waals surface area contributed by atoms with Crippen LogP contribution in [0.5, 0.6) is 5.75 Å². The highest BCUT2D eigenvalue weighted by Crippen LogP contribution is 2.39. The summed E-state index contributed by atoms with van der Waals surface area (Å²) in [5, 5.41) is 3.88. The van der Waals surface area contributed by atoms with Crippen LogP contribution in [0.1, 0.15) is 23.4 Å². The van der Waals surface area contributed by atoms with E-state index in [0.717, 1.165) is 11.3 Å². The number of hydrogen-bond donors (Lipinski definition) is 2. The van der Waals surface area contributed by atoms with Crippen molar-refractivity contribution in [2.75, 3.05) is 31.4 Å². The minimum absolute atomic E-state index is 0.175. The Morgan fingerprint density at radius 1 is 1.24 bits per heavy atom. The number of halogens is 4. The van der Waals surface area contributed by atoms with Crippen LogP contribution >= 0.6 is 11.8 Å². The minimum atomic E-state index is -4.85. The summed E-state index contributed by atoms with van der Waals surface area (Å²) in [4.78, 5) is 9.70. The quantitative estimate of drug-likeness (QED) is 0.370. The van der Waals surface area contributed by atoms with E-state index in [4.69, 9.17) is 15.2 Å². The largest absolute Gasteiger partial charge is 0.496 e. The fourth-order valence-corrected chi connectivity index (χ4v) is 4.83. The van der Waals surface area contributed by atoms with Crippen LogP contribution in [-0.4, -0.2) is 35.5 Å². The summed E-state index contributed by atoms with van der Waals surface area (Å²) in [6, 6.07) is 5.43. The number of ether oxygens (including phenoxy) is 2. The van der Waals surface area contributed by atoms with Crippen molar-refractivity contribution in [1.82, 2.24) is 9.97 Å². The van der Waals surface area contributed by atoms with E-state index in [1.54, 1.807) is 31.9 Å². The van der Waals surface area contributed by atoms with Gasteiger partial charge in [0.2, 0.25) is 0 Å². The Labute approximate surface area is 191 Å². The third-order valence-electron chi connectivity index (χ3n) is 5.20. The molecule has 176 valence electrons. The number of nitrogens with one attached hydrogen (secondary N) is 1. The summed E-state index contributed by atoms with van der Waals surface area (Å²) in [6.45, 7) is 2.79.